The highest BCUT2D eigenvalue weighted by Gasteiger charge is 2.12. The zero-order valence-electron chi connectivity index (χ0n) is 10.6. The van der Waals surface area contributed by atoms with Gasteiger partial charge in [0, 0.05) is 5.69 Å². The number of amides is 1. The third kappa shape index (κ3) is 3.17. The summed E-state index contributed by atoms with van der Waals surface area (Å²) in [6, 6.07) is 8.19. The van der Waals surface area contributed by atoms with Crippen molar-refractivity contribution in [1.29, 1.82) is 0 Å². The topological polar surface area (TPSA) is 79.3 Å². The van der Waals surface area contributed by atoms with Gasteiger partial charge in [0.2, 0.25) is 0 Å². The summed E-state index contributed by atoms with van der Waals surface area (Å²) in [5.41, 5.74) is 0.669. The molecule has 0 aliphatic heterocycles. The summed E-state index contributed by atoms with van der Waals surface area (Å²) in [4.78, 5) is 26.4. The number of nitrogens with zero attached hydrogens (tertiary/aromatic N) is 1. The fraction of sp³-hybridized carbons (Fsp3) is 0.0714. The normalized spacial score (nSPS) is 10.1. The first-order chi connectivity index (χ1) is 9.45. The lowest BCUT2D eigenvalue weighted by atomic mass is 10.2. The second-order valence-electron chi connectivity index (χ2n) is 4.18. The van der Waals surface area contributed by atoms with E-state index in [4.69, 9.17) is 5.11 Å². The van der Waals surface area contributed by atoms with Crippen molar-refractivity contribution >= 4 is 17.6 Å². The first-order valence-electron chi connectivity index (χ1n) is 5.74. The highest BCUT2D eigenvalue weighted by Crippen LogP contribution is 2.14. The number of aromatic carboxylic acids is 1. The number of carboxylic acids is 1. The third-order valence-electron chi connectivity index (χ3n) is 2.50. The van der Waals surface area contributed by atoms with Crippen LogP contribution in [0.4, 0.5) is 10.1 Å². The molecule has 0 bridgehead atoms. The number of aromatic nitrogens is 1. The molecule has 0 aliphatic carbocycles. The SMILES string of the molecule is Cc1cc(F)cc(NC(=O)c2cccc(C(=O)O)n2)c1. The maximum absolute atomic E-state index is 13.2. The Hall–Kier alpha value is -2.76. The van der Waals surface area contributed by atoms with E-state index < -0.39 is 17.7 Å². The molecule has 0 atom stereocenters. The van der Waals surface area contributed by atoms with Gasteiger partial charge in [-0.3, -0.25) is 4.79 Å². The van der Waals surface area contributed by atoms with Gasteiger partial charge >= 0.3 is 5.97 Å². The smallest absolute Gasteiger partial charge is 0.354 e. The van der Waals surface area contributed by atoms with Crippen LogP contribution >= 0.6 is 0 Å². The van der Waals surface area contributed by atoms with Crippen molar-refractivity contribution in [3.8, 4) is 0 Å². The van der Waals surface area contributed by atoms with E-state index in [2.05, 4.69) is 10.3 Å². The molecule has 2 rings (SSSR count). The molecule has 102 valence electrons. The number of nitrogens with one attached hydrogen (secondary N) is 1. The molecule has 0 fully saturated rings. The van der Waals surface area contributed by atoms with Crippen molar-refractivity contribution in [3.63, 3.8) is 0 Å². The number of carboxylic acid groups (broad SMARTS) is 1. The predicted molar refractivity (Wildman–Crippen MR) is 70.3 cm³/mol. The maximum atomic E-state index is 13.2. The van der Waals surface area contributed by atoms with Gasteiger partial charge in [-0.1, -0.05) is 6.07 Å². The Balaban J connectivity index is 2.23. The van der Waals surface area contributed by atoms with Crippen molar-refractivity contribution in [2.24, 2.45) is 0 Å². The summed E-state index contributed by atoms with van der Waals surface area (Å²) < 4.78 is 13.2. The molecule has 1 amide bonds. The average Bonchev–Trinajstić information content (AvgIpc) is 2.37. The lowest BCUT2D eigenvalue weighted by Crippen LogP contribution is -2.15. The fourth-order valence-electron chi connectivity index (χ4n) is 1.68. The number of carbonyl (C=O) groups is 2. The second-order valence-corrected chi connectivity index (χ2v) is 4.18. The van der Waals surface area contributed by atoms with E-state index in [0.717, 1.165) is 0 Å². The van der Waals surface area contributed by atoms with Gasteiger partial charge in [0.05, 0.1) is 0 Å². The van der Waals surface area contributed by atoms with E-state index in [0.29, 0.717) is 5.56 Å². The first-order valence-corrected chi connectivity index (χ1v) is 5.74. The van der Waals surface area contributed by atoms with Gasteiger partial charge in [0.15, 0.2) is 0 Å². The second kappa shape index (κ2) is 5.48. The lowest BCUT2D eigenvalue weighted by molar-refractivity contribution is 0.0690. The number of carbonyl (C=O) groups excluding carboxylic acids is 1. The summed E-state index contributed by atoms with van der Waals surface area (Å²) >= 11 is 0. The minimum absolute atomic E-state index is 0.0492. The van der Waals surface area contributed by atoms with Crippen LogP contribution in [-0.4, -0.2) is 22.0 Å². The molecular weight excluding hydrogens is 263 g/mol. The summed E-state index contributed by atoms with van der Waals surface area (Å²) in [5, 5.41) is 11.3. The molecular formula is C14H11FN2O3. The van der Waals surface area contributed by atoms with E-state index in [-0.39, 0.29) is 17.1 Å². The molecule has 1 heterocycles. The number of aryl methyl sites for hydroxylation is 1. The van der Waals surface area contributed by atoms with Crippen LogP contribution < -0.4 is 5.32 Å². The summed E-state index contributed by atoms with van der Waals surface area (Å²) in [6.45, 7) is 1.70. The molecule has 1 aromatic heterocycles. The van der Waals surface area contributed by atoms with Crippen LogP contribution in [0.1, 0.15) is 26.5 Å². The number of rotatable bonds is 3. The quantitative estimate of drug-likeness (QED) is 0.901. The van der Waals surface area contributed by atoms with Gasteiger partial charge in [-0.15, -0.1) is 0 Å². The molecule has 0 aliphatic rings. The Kier molecular flexibility index (Phi) is 3.74. The summed E-state index contributed by atoms with van der Waals surface area (Å²) in [7, 11) is 0. The Morgan fingerprint density at radius 2 is 1.90 bits per heavy atom. The standard InChI is InChI=1S/C14H11FN2O3/c1-8-5-9(15)7-10(6-8)16-13(18)11-3-2-4-12(17-11)14(19)20/h2-7H,1H3,(H,16,18)(H,19,20). The van der Waals surface area contributed by atoms with Gasteiger partial charge in [-0.05, 0) is 42.8 Å². The zero-order chi connectivity index (χ0) is 14.7. The summed E-state index contributed by atoms with van der Waals surface area (Å²) in [6.07, 6.45) is 0. The monoisotopic (exact) mass is 274 g/mol. The van der Waals surface area contributed by atoms with E-state index >= 15 is 0 Å². The molecule has 1 aromatic carbocycles. The molecule has 0 unspecified atom stereocenters. The average molecular weight is 274 g/mol. The van der Waals surface area contributed by atoms with E-state index in [1.54, 1.807) is 13.0 Å². The van der Waals surface area contributed by atoms with Crippen molar-refractivity contribution in [2.45, 2.75) is 6.92 Å². The molecule has 6 heteroatoms. The fourth-order valence-corrected chi connectivity index (χ4v) is 1.68. The van der Waals surface area contributed by atoms with Crippen LogP contribution in [0.5, 0.6) is 0 Å². The number of anilines is 1. The van der Waals surface area contributed by atoms with E-state index in [1.807, 2.05) is 0 Å². The van der Waals surface area contributed by atoms with Gasteiger partial charge in [0.1, 0.15) is 17.2 Å². The van der Waals surface area contributed by atoms with Crippen molar-refractivity contribution < 1.29 is 19.1 Å². The Morgan fingerprint density at radius 3 is 2.55 bits per heavy atom. The van der Waals surface area contributed by atoms with Crippen molar-refractivity contribution in [1.82, 2.24) is 4.98 Å². The van der Waals surface area contributed by atoms with Crippen molar-refractivity contribution in [2.75, 3.05) is 5.32 Å². The summed E-state index contributed by atoms with van der Waals surface area (Å²) in [5.74, 6) is -2.29. The van der Waals surface area contributed by atoms with Gasteiger partial charge in [-0.25, -0.2) is 14.2 Å². The number of benzene rings is 1. The zero-order valence-corrected chi connectivity index (χ0v) is 10.6. The Labute approximate surface area is 114 Å². The number of hydrogen-bond acceptors (Lipinski definition) is 3. The largest absolute Gasteiger partial charge is 0.477 e. The van der Waals surface area contributed by atoms with Crippen LogP contribution in [-0.2, 0) is 0 Å². The molecule has 2 N–H and O–H groups in total. The minimum atomic E-state index is -1.22. The van der Waals surface area contributed by atoms with E-state index in [1.165, 1.54) is 30.3 Å². The molecule has 0 saturated heterocycles. The third-order valence-corrected chi connectivity index (χ3v) is 2.50. The van der Waals surface area contributed by atoms with Gasteiger partial charge in [-0.2, -0.15) is 0 Å². The van der Waals surface area contributed by atoms with Crippen LogP contribution in [0.3, 0.4) is 0 Å². The Morgan fingerprint density at radius 1 is 1.20 bits per heavy atom. The highest BCUT2D eigenvalue weighted by atomic mass is 19.1. The Bertz CT molecular complexity index is 666. The molecule has 5 nitrogen and oxygen atoms in total. The molecule has 0 radical (unpaired) electrons. The number of hydrogen-bond donors (Lipinski definition) is 2. The molecule has 2 aromatic rings. The van der Waals surface area contributed by atoms with Gasteiger partial charge < -0.3 is 10.4 Å². The number of halogens is 1. The lowest BCUT2D eigenvalue weighted by Gasteiger charge is -2.06. The first kappa shape index (κ1) is 13.7. The highest BCUT2D eigenvalue weighted by molar-refractivity contribution is 6.03. The van der Waals surface area contributed by atoms with Crippen LogP contribution in [0, 0.1) is 12.7 Å². The molecule has 0 saturated carbocycles. The maximum Gasteiger partial charge on any atom is 0.354 e. The molecule has 0 spiro atoms. The van der Waals surface area contributed by atoms with Crippen LogP contribution in [0.2, 0.25) is 0 Å². The van der Waals surface area contributed by atoms with Crippen molar-refractivity contribution in [3.05, 3.63) is 59.2 Å². The van der Waals surface area contributed by atoms with Crippen LogP contribution in [0.15, 0.2) is 36.4 Å². The van der Waals surface area contributed by atoms with Gasteiger partial charge in [0.25, 0.3) is 5.91 Å². The molecule has 20 heavy (non-hydrogen) atoms. The van der Waals surface area contributed by atoms with Crippen LogP contribution in [0.25, 0.3) is 0 Å². The number of pyridine rings is 1. The predicted octanol–water partition coefficient (Wildman–Crippen LogP) is 2.48. The van der Waals surface area contributed by atoms with E-state index in [9.17, 15) is 14.0 Å². The minimum Gasteiger partial charge on any atom is -0.477 e.